The molecule has 14 heteroatoms. The minimum atomic E-state index is -0.987. The van der Waals surface area contributed by atoms with Crippen LogP contribution in [0.2, 0.25) is 0 Å². The molecule has 0 amide bonds. The van der Waals surface area contributed by atoms with Gasteiger partial charge in [0, 0.05) is 22.7 Å². The smallest absolute Gasteiger partial charge is 0.480 e. The van der Waals surface area contributed by atoms with Gasteiger partial charge in [0.2, 0.25) is 0 Å². The third-order valence-corrected chi connectivity index (χ3v) is 7.12. The molecule has 48 heavy (non-hydrogen) atoms. The van der Waals surface area contributed by atoms with E-state index in [4.69, 9.17) is 71.9 Å². The quantitative estimate of drug-likeness (QED) is 0.0897. The van der Waals surface area contributed by atoms with Crippen LogP contribution < -0.4 is 39.4 Å². The van der Waals surface area contributed by atoms with Crippen LogP contribution in [0.4, 0.5) is 22.7 Å². The number of carboxylic acids is 1. The Hall–Kier alpha value is -1.47. The van der Waals surface area contributed by atoms with E-state index in [1.165, 1.54) is 25.6 Å². The first-order valence-electron chi connectivity index (χ1n) is 13.5. The number of carbonyl (C=O) groups is 2. The van der Waals surface area contributed by atoms with Gasteiger partial charge in [-0.15, -0.1) is 12.4 Å². The van der Waals surface area contributed by atoms with E-state index in [0.717, 1.165) is 22.7 Å². The first-order valence-corrected chi connectivity index (χ1v) is 16.9. The van der Waals surface area contributed by atoms with Crippen LogP contribution in [-0.4, -0.2) is 34.5 Å². The molecule has 0 aliphatic heterocycles. The number of halogens is 4. The minimum absolute atomic E-state index is 0. The molecule has 0 heterocycles. The van der Waals surface area contributed by atoms with Gasteiger partial charge >= 0.3 is 35.5 Å². The molecule has 252 valence electrons. The molecule has 0 saturated heterocycles. The van der Waals surface area contributed by atoms with Gasteiger partial charge in [-0.25, -0.2) is 0 Å². The molecule has 0 aliphatic rings. The number of carboxylic acid groups (broad SMARTS) is 1. The van der Waals surface area contributed by atoms with Crippen molar-refractivity contribution in [1.82, 2.24) is 0 Å². The Balaban J connectivity index is 0. The SMILES string of the molecule is CC(C)(SC(=S)N(c1ccccc1)c1ccccc1)C(=O)O.CC(C)=O.Cl.ClC(Cl)Cl.S=C([S-])N(c1ccccc1)c1ccccc1.[Na+]. The fourth-order valence-electron chi connectivity index (χ4n) is 3.34. The van der Waals surface area contributed by atoms with Crippen molar-refractivity contribution in [3.63, 3.8) is 0 Å². The van der Waals surface area contributed by atoms with E-state index in [1.807, 2.05) is 131 Å². The molecule has 4 aromatic rings. The molecule has 0 spiro atoms. The van der Waals surface area contributed by atoms with E-state index in [1.54, 1.807) is 13.8 Å². The van der Waals surface area contributed by atoms with E-state index in [-0.39, 0.29) is 47.7 Å². The fourth-order valence-corrected chi connectivity index (χ4v) is 5.42. The number of hydrogen-bond donors (Lipinski definition) is 1. The normalized spacial score (nSPS) is 9.58. The molecule has 4 aromatic carbocycles. The second kappa shape index (κ2) is 26.4. The molecule has 0 aliphatic carbocycles. The molecule has 1 N–H and O–H groups in total. The summed E-state index contributed by atoms with van der Waals surface area (Å²) >= 11 is 31.4. The summed E-state index contributed by atoms with van der Waals surface area (Å²) in [5.74, 6) is -0.721. The summed E-state index contributed by atoms with van der Waals surface area (Å²) in [5, 5.41) is 9.31. The maximum Gasteiger partial charge on any atom is 1.00 e. The number of carbonyl (C=O) groups excluding carboxylic acids is 1. The third-order valence-electron chi connectivity index (χ3n) is 5.28. The number of Topliss-reactive ketones (excluding diaryl/α,β-unsaturated/α-hetero) is 1. The Morgan fingerprint density at radius 2 is 0.917 bits per heavy atom. The third kappa shape index (κ3) is 19.6. The van der Waals surface area contributed by atoms with Gasteiger partial charge in [0.1, 0.15) is 14.9 Å². The Bertz CT molecular complexity index is 1420. The Morgan fingerprint density at radius 3 is 1.12 bits per heavy atom. The van der Waals surface area contributed by atoms with Gasteiger partial charge in [-0.3, -0.25) is 9.69 Å². The summed E-state index contributed by atoms with van der Waals surface area (Å²) in [6.07, 6.45) is 0. The van der Waals surface area contributed by atoms with Crippen molar-refractivity contribution in [2.75, 3.05) is 9.80 Å². The number of anilines is 4. The van der Waals surface area contributed by atoms with Gasteiger partial charge < -0.3 is 39.6 Å². The zero-order valence-electron chi connectivity index (χ0n) is 27.0. The van der Waals surface area contributed by atoms with Crippen molar-refractivity contribution in [3.8, 4) is 0 Å². The zero-order valence-corrected chi connectivity index (χ0v) is 35.3. The van der Waals surface area contributed by atoms with Crippen LogP contribution in [0.15, 0.2) is 121 Å². The molecule has 0 bridgehead atoms. The van der Waals surface area contributed by atoms with Crippen molar-refractivity contribution in [2.45, 2.75) is 36.7 Å². The molecule has 0 saturated carbocycles. The van der Waals surface area contributed by atoms with Crippen LogP contribution >= 0.6 is 83.4 Å². The topological polar surface area (TPSA) is 60.9 Å². The van der Waals surface area contributed by atoms with Crippen molar-refractivity contribution in [1.29, 1.82) is 0 Å². The number of para-hydroxylation sites is 4. The van der Waals surface area contributed by atoms with Crippen molar-refractivity contribution < 1.29 is 44.3 Å². The molecule has 0 fully saturated rings. The number of hydrogen-bond acceptors (Lipinski definition) is 6. The molecular formula is C34H35Cl4N2NaO3S4. The van der Waals surface area contributed by atoms with Crippen molar-refractivity contribution in [3.05, 3.63) is 121 Å². The van der Waals surface area contributed by atoms with Crippen LogP contribution in [0.1, 0.15) is 27.7 Å². The molecule has 0 radical (unpaired) electrons. The van der Waals surface area contributed by atoms with E-state index in [0.29, 0.717) is 8.64 Å². The number of alkyl halides is 3. The number of aliphatic carboxylic acids is 1. The summed E-state index contributed by atoms with van der Waals surface area (Å²) in [5.41, 5.74) is 3.81. The van der Waals surface area contributed by atoms with Crippen molar-refractivity contribution >= 4 is 139 Å². The summed E-state index contributed by atoms with van der Waals surface area (Å²) in [4.78, 5) is 24.6. The number of nitrogens with zero attached hydrogens (tertiary/aromatic N) is 2. The first-order chi connectivity index (χ1) is 21.7. The van der Waals surface area contributed by atoms with Gasteiger partial charge in [-0.1, -0.05) is 136 Å². The predicted molar refractivity (Wildman–Crippen MR) is 217 cm³/mol. The summed E-state index contributed by atoms with van der Waals surface area (Å²) in [6.45, 7) is 6.36. The number of thiocarbonyl (C=S) groups is 2. The summed E-state index contributed by atoms with van der Waals surface area (Å²) in [6, 6.07) is 39.2. The van der Waals surface area contributed by atoms with Crippen LogP contribution in [-0.2, 0) is 22.2 Å². The Morgan fingerprint density at radius 1 is 0.688 bits per heavy atom. The molecule has 0 aromatic heterocycles. The van der Waals surface area contributed by atoms with Gasteiger partial charge in [-0.2, -0.15) is 0 Å². The second-order valence-corrected chi connectivity index (χ2v) is 14.9. The number of rotatable bonds is 6. The maximum atomic E-state index is 11.4. The molecule has 0 unspecified atom stereocenters. The van der Waals surface area contributed by atoms with Gasteiger partial charge in [-0.05, 0) is 76.2 Å². The zero-order chi connectivity index (χ0) is 34.7. The largest absolute Gasteiger partial charge is 1.00 e. The van der Waals surface area contributed by atoms with Gasteiger partial charge in [0.25, 0.3) is 0 Å². The number of benzene rings is 4. The summed E-state index contributed by atoms with van der Waals surface area (Å²) < 4.78 is -0.805. The monoisotopic (exact) mass is 810 g/mol. The van der Waals surface area contributed by atoms with Crippen molar-refractivity contribution in [2.24, 2.45) is 0 Å². The van der Waals surface area contributed by atoms with Crippen LogP contribution in [0.5, 0.6) is 0 Å². The second-order valence-electron chi connectivity index (χ2n) is 9.62. The average molecular weight is 813 g/mol. The Kier molecular flexibility index (Phi) is 26.7. The van der Waals surface area contributed by atoms with E-state index in [2.05, 4.69) is 0 Å². The van der Waals surface area contributed by atoms with Crippen LogP contribution in [0, 0.1) is 0 Å². The fraction of sp³-hybridized carbons (Fsp3) is 0.176. The van der Waals surface area contributed by atoms with E-state index in [9.17, 15) is 14.7 Å². The first kappa shape index (κ1) is 48.6. The molecule has 4 rings (SSSR count). The molecule has 5 nitrogen and oxygen atoms in total. The number of thioether (sulfide) groups is 1. The minimum Gasteiger partial charge on any atom is -0.480 e. The molecular weight excluding hydrogens is 777 g/mol. The van der Waals surface area contributed by atoms with Gasteiger partial charge in [0.15, 0.2) is 4.30 Å². The van der Waals surface area contributed by atoms with E-state index >= 15 is 0 Å². The Labute approximate surface area is 347 Å². The molecule has 0 atom stereocenters. The van der Waals surface area contributed by atoms with Gasteiger partial charge in [0.05, 0.1) is 0 Å². The average Bonchev–Trinajstić information content (AvgIpc) is 2.99. The number of ketones is 1. The predicted octanol–water partition coefficient (Wildman–Crippen LogP) is 8.37. The van der Waals surface area contributed by atoms with Crippen LogP contribution in [0.25, 0.3) is 0 Å². The van der Waals surface area contributed by atoms with Crippen LogP contribution in [0.3, 0.4) is 0 Å². The summed E-state index contributed by atoms with van der Waals surface area (Å²) in [7, 11) is 0. The standard InChI is InChI=1S/C17H17NO2S2.C13H11NS2.C3H6O.CHCl3.ClH.Na/c1-17(2,15(19)20)22-16(21)18(13-9-5-3-6-10-13)14-11-7-4-8-12-14;15-13(16)14(11-7-3-1-4-8-11)12-9-5-2-6-10-12;1-3(2)4;2-1(3)4;;/h3-12H,1-2H3,(H,19,20);1-10H,(H,15,16);1-2H3;1H;1H;/q;;;;;+1/p-1. The van der Waals surface area contributed by atoms with E-state index < -0.39 is 15.0 Å². The maximum absolute atomic E-state index is 11.4.